The molecule has 1 atom stereocenters. The molecule has 0 radical (unpaired) electrons. The maximum atomic E-state index is 14.0. The summed E-state index contributed by atoms with van der Waals surface area (Å²) in [5.74, 6) is 0.600. The zero-order chi connectivity index (χ0) is 29.1. The van der Waals surface area contributed by atoms with E-state index in [1.54, 1.807) is 50.3 Å². The maximum absolute atomic E-state index is 14.0. The summed E-state index contributed by atoms with van der Waals surface area (Å²) in [6.07, 6.45) is 1.70. The van der Waals surface area contributed by atoms with Crippen LogP contribution >= 0.6 is 33.9 Å². The van der Waals surface area contributed by atoms with Crippen LogP contribution < -0.4 is 33.8 Å². The van der Waals surface area contributed by atoms with Gasteiger partial charge in [-0.15, -0.1) is 0 Å². The van der Waals surface area contributed by atoms with Gasteiger partial charge in [0, 0.05) is 12.5 Å². The van der Waals surface area contributed by atoms with E-state index in [0.717, 1.165) is 0 Å². The zero-order valence-corrected chi connectivity index (χ0v) is 25.7. The Hall–Kier alpha value is -3.65. The molecule has 0 amide bonds. The van der Waals surface area contributed by atoms with Crippen LogP contribution in [0.3, 0.4) is 0 Å². The third-order valence-electron chi connectivity index (χ3n) is 6.04. The summed E-state index contributed by atoms with van der Waals surface area (Å²) in [6.45, 7) is 4.90. The summed E-state index contributed by atoms with van der Waals surface area (Å²) in [5, 5.41) is 0. The summed E-state index contributed by atoms with van der Waals surface area (Å²) >= 11 is 3.23. The van der Waals surface area contributed by atoms with E-state index in [0.29, 0.717) is 52.7 Å². The molecule has 210 valence electrons. The average Bonchev–Trinajstić information content (AvgIpc) is 3.22. The predicted octanol–water partition coefficient (Wildman–Crippen LogP) is 3.35. The van der Waals surface area contributed by atoms with Gasteiger partial charge >= 0.3 is 11.9 Å². The van der Waals surface area contributed by atoms with Crippen LogP contribution in [0.2, 0.25) is 0 Å². The Morgan fingerprint density at radius 2 is 1.82 bits per heavy atom. The summed E-state index contributed by atoms with van der Waals surface area (Å²) in [4.78, 5) is 43.7. The van der Waals surface area contributed by atoms with E-state index in [2.05, 4.69) is 4.99 Å². The number of hydrogen-bond acceptors (Lipinski definition) is 10. The molecule has 1 aliphatic heterocycles. The molecule has 0 bridgehead atoms. The second kappa shape index (κ2) is 12.3. The zero-order valence-electron chi connectivity index (χ0n) is 22.7. The Kier molecular flexibility index (Phi) is 8.98. The Labute approximate surface area is 247 Å². The van der Waals surface area contributed by atoms with E-state index in [4.69, 9.17) is 23.7 Å². The predicted molar refractivity (Wildman–Crippen MR) is 157 cm³/mol. The van der Waals surface area contributed by atoms with Gasteiger partial charge in [0.25, 0.3) is 5.56 Å². The minimum absolute atomic E-state index is 0.159. The summed E-state index contributed by atoms with van der Waals surface area (Å²) in [7, 11) is 4.52. The van der Waals surface area contributed by atoms with Crippen molar-refractivity contribution < 1.29 is 33.3 Å². The van der Waals surface area contributed by atoms with Gasteiger partial charge in [0.1, 0.15) is 17.5 Å². The van der Waals surface area contributed by atoms with Crippen LogP contribution in [0.1, 0.15) is 37.9 Å². The summed E-state index contributed by atoms with van der Waals surface area (Å²) in [5.41, 5.74) is 1.51. The largest absolute Gasteiger partial charge is 0.497 e. The normalized spacial score (nSPS) is 14.8. The van der Waals surface area contributed by atoms with Crippen LogP contribution in [-0.2, 0) is 14.3 Å². The van der Waals surface area contributed by atoms with Crippen molar-refractivity contribution in [3.05, 3.63) is 76.0 Å². The van der Waals surface area contributed by atoms with Crippen molar-refractivity contribution in [2.75, 3.05) is 27.9 Å². The minimum atomic E-state index is -0.872. The lowest BCUT2D eigenvalue weighted by atomic mass is 9.94. The van der Waals surface area contributed by atoms with Gasteiger partial charge in [-0.3, -0.25) is 14.2 Å². The lowest BCUT2D eigenvalue weighted by Crippen LogP contribution is -2.40. The lowest BCUT2D eigenvalue weighted by molar-refractivity contribution is -0.139. The maximum Gasteiger partial charge on any atom is 0.338 e. The molecule has 10 nitrogen and oxygen atoms in total. The summed E-state index contributed by atoms with van der Waals surface area (Å²) in [6, 6.07) is 7.78. The second-order valence-electron chi connectivity index (χ2n) is 8.54. The van der Waals surface area contributed by atoms with Gasteiger partial charge in [-0.2, -0.15) is 0 Å². The molecule has 4 rings (SSSR count). The van der Waals surface area contributed by atoms with Gasteiger partial charge in [0.15, 0.2) is 16.3 Å². The van der Waals surface area contributed by atoms with Crippen LogP contribution in [-0.4, -0.2) is 44.4 Å². The van der Waals surface area contributed by atoms with Crippen molar-refractivity contribution >= 4 is 51.9 Å². The van der Waals surface area contributed by atoms with Crippen molar-refractivity contribution in [3.63, 3.8) is 0 Å². The van der Waals surface area contributed by atoms with Crippen molar-refractivity contribution in [1.82, 2.24) is 4.57 Å². The molecule has 0 saturated carbocycles. The number of methoxy groups -OCH3 is 3. The van der Waals surface area contributed by atoms with Crippen molar-refractivity contribution in [2.24, 2.45) is 4.99 Å². The van der Waals surface area contributed by atoms with Crippen LogP contribution in [0.15, 0.2) is 51.4 Å². The number of thiazole rings is 1. The number of aromatic nitrogens is 1. The number of esters is 2. The van der Waals surface area contributed by atoms with Gasteiger partial charge in [0.2, 0.25) is 0 Å². The van der Waals surface area contributed by atoms with Crippen molar-refractivity contribution in [3.8, 4) is 23.0 Å². The molecule has 0 saturated heterocycles. The number of ether oxygens (including phenoxy) is 5. The summed E-state index contributed by atoms with van der Waals surface area (Å²) < 4.78 is 29.6. The molecule has 12 heteroatoms. The van der Waals surface area contributed by atoms with E-state index < -0.39 is 18.0 Å². The Balaban J connectivity index is 1.98. The molecular weight excluding hydrogens is 651 g/mol. The third-order valence-corrected chi connectivity index (χ3v) is 7.83. The molecule has 0 spiro atoms. The Morgan fingerprint density at radius 1 is 1.10 bits per heavy atom. The number of allylic oxidation sites excluding steroid dienone is 1. The van der Waals surface area contributed by atoms with Gasteiger partial charge in [-0.25, -0.2) is 9.79 Å². The van der Waals surface area contributed by atoms with E-state index in [1.165, 1.54) is 44.2 Å². The molecule has 0 aliphatic carbocycles. The SMILES string of the molecule is CCOC(=O)C1=C(C)N=c2s/c(=C\c3cc(I)c(OC(C)=O)c(OC)c3)c(=O)n2[C@H]1c1cc(OC)ccc1OC. The number of fused-ring (bicyclic) bond motifs is 1. The fourth-order valence-corrected chi connectivity index (χ4v) is 6.14. The molecule has 40 heavy (non-hydrogen) atoms. The Bertz CT molecular complexity index is 1710. The molecule has 3 aromatic rings. The monoisotopic (exact) mass is 678 g/mol. The highest BCUT2D eigenvalue weighted by molar-refractivity contribution is 14.1. The highest BCUT2D eigenvalue weighted by Gasteiger charge is 2.35. The second-order valence-corrected chi connectivity index (χ2v) is 10.7. The Morgan fingerprint density at radius 3 is 2.45 bits per heavy atom. The number of halogens is 1. The van der Waals surface area contributed by atoms with E-state index in [-0.39, 0.29) is 17.7 Å². The first-order valence-electron chi connectivity index (χ1n) is 12.1. The van der Waals surface area contributed by atoms with Gasteiger partial charge in [-0.05, 0) is 78.4 Å². The first-order chi connectivity index (χ1) is 19.1. The smallest absolute Gasteiger partial charge is 0.338 e. The van der Waals surface area contributed by atoms with Gasteiger partial charge in [-0.1, -0.05) is 11.3 Å². The molecular formula is C28H27IN2O8S. The molecule has 2 heterocycles. The van der Waals surface area contributed by atoms with Crippen molar-refractivity contribution in [1.29, 1.82) is 0 Å². The molecule has 0 fully saturated rings. The molecule has 1 aliphatic rings. The molecule has 1 aromatic heterocycles. The van der Waals surface area contributed by atoms with E-state index >= 15 is 0 Å². The van der Waals surface area contributed by atoms with Crippen LogP contribution in [0, 0.1) is 3.57 Å². The fraction of sp³-hybridized carbons (Fsp3) is 0.286. The quantitative estimate of drug-likeness (QED) is 0.203. The first-order valence-corrected chi connectivity index (χ1v) is 14.0. The number of benzene rings is 2. The molecule has 2 aromatic carbocycles. The topological polar surface area (TPSA) is 115 Å². The number of carbonyl (C=O) groups excluding carboxylic acids is 2. The number of hydrogen-bond donors (Lipinski definition) is 0. The van der Waals surface area contributed by atoms with Crippen LogP contribution in [0.5, 0.6) is 23.0 Å². The number of rotatable bonds is 8. The average molecular weight is 679 g/mol. The van der Waals surface area contributed by atoms with Gasteiger partial charge < -0.3 is 23.7 Å². The fourth-order valence-electron chi connectivity index (χ4n) is 4.36. The van der Waals surface area contributed by atoms with Crippen molar-refractivity contribution in [2.45, 2.75) is 26.8 Å². The number of nitrogens with zero attached hydrogens (tertiary/aromatic N) is 2. The lowest BCUT2D eigenvalue weighted by Gasteiger charge is -2.26. The van der Waals surface area contributed by atoms with Crippen LogP contribution in [0.25, 0.3) is 6.08 Å². The molecule has 0 unspecified atom stereocenters. The van der Waals surface area contributed by atoms with E-state index in [9.17, 15) is 14.4 Å². The van der Waals surface area contributed by atoms with E-state index in [1.807, 2.05) is 22.6 Å². The van der Waals surface area contributed by atoms with Gasteiger partial charge in [0.05, 0.1) is 47.3 Å². The molecule has 0 N–H and O–H groups in total. The first kappa shape index (κ1) is 29.3. The highest BCUT2D eigenvalue weighted by Crippen LogP contribution is 2.38. The standard InChI is InChI=1S/C28H27IN2O8S/c1-7-38-27(34)23-14(2)30-28-31(24(23)18-13-17(35-4)8-9-20(18)36-5)26(33)22(40-28)12-16-10-19(29)25(39-15(3)32)21(11-16)37-6/h8-13,24H,7H2,1-6H3/b22-12-/t24-/m0/s1. The minimum Gasteiger partial charge on any atom is -0.497 e. The highest BCUT2D eigenvalue weighted by atomic mass is 127. The van der Waals surface area contributed by atoms with Crippen LogP contribution in [0.4, 0.5) is 0 Å². The third kappa shape index (κ3) is 5.63. The number of carbonyl (C=O) groups is 2.